The van der Waals surface area contributed by atoms with Gasteiger partial charge in [-0.05, 0) is 67.6 Å². The summed E-state index contributed by atoms with van der Waals surface area (Å²) in [6.45, 7) is 5.01. The fourth-order valence-corrected chi connectivity index (χ4v) is 5.43. The fourth-order valence-electron chi connectivity index (χ4n) is 4.05. The van der Waals surface area contributed by atoms with E-state index in [1.165, 1.54) is 11.8 Å². The van der Waals surface area contributed by atoms with Crippen LogP contribution in [0.5, 0.6) is 0 Å². The third-order valence-corrected chi connectivity index (χ3v) is 7.32. The Morgan fingerprint density at radius 3 is 2.63 bits per heavy atom. The molecule has 0 radical (unpaired) electrons. The average Bonchev–Trinajstić information content (AvgIpc) is 3.23. The molecular weight excluding hydrogens is 557 g/mol. The van der Waals surface area contributed by atoms with Gasteiger partial charge in [0.15, 0.2) is 5.17 Å². The lowest BCUT2D eigenvalue weighted by atomic mass is 10.2. The molecule has 0 aliphatic carbocycles. The van der Waals surface area contributed by atoms with Gasteiger partial charge in [0, 0.05) is 30.4 Å². The number of amides is 2. The minimum absolute atomic E-state index is 0.188. The number of benzene rings is 3. The molecule has 1 saturated heterocycles. The Hall–Kier alpha value is -4.40. The van der Waals surface area contributed by atoms with Crippen LogP contribution in [0.3, 0.4) is 0 Å². The first-order valence-electron chi connectivity index (χ1n) is 12.9. The van der Waals surface area contributed by atoms with Crippen LogP contribution >= 0.6 is 24.4 Å². The number of amidine groups is 1. The number of aliphatic imine (C=N–C) groups is 1. The lowest BCUT2D eigenvalue weighted by Crippen LogP contribution is -2.28. The van der Waals surface area contributed by atoms with E-state index in [1.807, 2.05) is 50.4 Å². The Balaban J connectivity index is 1.67. The second-order valence-electron chi connectivity index (χ2n) is 8.90. The quantitative estimate of drug-likeness (QED) is 0.192. The summed E-state index contributed by atoms with van der Waals surface area (Å²) < 4.78 is 4.93. The van der Waals surface area contributed by atoms with Crippen LogP contribution in [0.4, 0.5) is 27.5 Å². The van der Waals surface area contributed by atoms with Crippen LogP contribution in [0.2, 0.25) is 0 Å². The summed E-state index contributed by atoms with van der Waals surface area (Å²) in [7, 11) is 1.82. The highest BCUT2D eigenvalue weighted by molar-refractivity contribution is 8.18. The van der Waals surface area contributed by atoms with E-state index in [0.717, 1.165) is 16.9 Å². The van der Waals surface area contributed by atoms with E-state index in [1.54, 1.807) is 53.3 Å². The largest absolute Gasteiger partial charge is 0.450 e. The number of nitriles is 1. The van der Waals surface area contributed by atoms with Gasteiger partial charge in [-0.25, -0.2) is 9.79 Å². The van der Waals surface area contributed by atoms with Crippen molar-refractivity contribution in [2.24, 2.45) is 4.99 Å². The zero-order valence-electron chi connectivity index (χ0n) is 22.9. The maximum absolute atomic E-state index is 13.7. The highest BCUT2D eigenvalue weighted by Gasteiger charge is 2.34. The number of carbonyl (C=O) groups excluding carboxylic acids is 2. The average molecular weight is 587 g/mol. The Morgan fingerprint density at radius 1 is 1.17 bits per heavy atom. The zero-order chi connectivity index (χ0) is 29.4. The molecule has 1 aliphatic heterocycles. The van der Waals surface area contributed by atoms with Crippen molar-refractivity contribution in [2.45, 2.75) is 25.3 Å². The lowest BCUT2D eigenvalue weighted by Gasteiger charge is -2.18. The van der Waals surface area contributed by atoms with Crippen LogP contribution in [0.15, 0.2) is 87.7 Å². The molecule has 2 N–H and O–H groups in total. The van der Waals surface area contributed by atoms with Crippen molar-refractivity contribution in [1.82, 2.24) is 4.90 Å². The molecule has 0 atom stereocenters. The summed E-state index contributed by atoms with van der Waals surface area (Å²) in [5, 5.41) is 15.9. The predicted molar refractivity (Wildman–Crippen MR) is 168 cm³/mol. The number of thioether (sulfide) groups is 1. The Kier molecular flexibility index (Phi) is 9.95. The first kappa shape index (κ1) is 29.6. The van der Waals surface area contributed by atoms with Crippen LogP contribution in [-0.4, -0.2) is 42.3 Å². The SMILES string of the molecule is CCNc1ccc(C#N)cc1N=C1S/C(=C/N(C)c2ccc(NC(=O)OCC)cc2S)C(=O)N1Cc1ccccc1. The molecule has 3 aromatic carbocycles. The Labute approximate surface area is 249 Å². The maximum atomic E-state index is 13.7. The van der Waals surface area contributed by atoms with Crippen molar-refractivity contribution >= 4 is 64.3 Å². The number of carbonyl (C=O) groups is 2. The van der Waals surface area contributed by atoms with Crippen molar-refractivity contribution in [3.8, 4) is 6.07 Å². The monoisotopic (exact) mass is 586 g/mol. The summed E-state index contributed by atoms with van der Waals surface area (Å²) in [4.78, 5) is 34.9. The molecule has 1 fully saturated rings. The molecule has 41 heavy (non-hydrogen) atoms. The molecular formula is C30H30N6O3S2. The summed E-state index contributed by atoms with van der Waals surface area (Å²) >= 11 is 5.86. The summed E-state index contributed by atoms with van der Waals surface area (Å²) in [5.74, 6) is -0.188. The first-order chi connectivity index (χ1) is 19.8. The summed E-state index contributed by atoms with van der Waals surface area (Å²) in [6, 6.07) is 22.4. The molecule has 0 aromatic heterocycles. The molecule has 4 rings (SSSR count). The van der Waals surface area contributed by atoms with Crippen LogP contribution in [0, 0.1) is 11.3 Å². The molecule has 0 unspecified atom stereocenters. The normalized spacial score (nSPS) is 14.7. The van der Waals surface area contributed by atoms with E-state index in [4.69, 9.17) is 9.73 Å². The van der Waals surface area contributed by atoms with Gasteiger partial charge in [0.25, 0.3) is 5.91 Å². The number of rotatable bonds is 9. The lowest BCUT2D eigenvalue weighted by molar-refractivity contribution is -0.122. The molecule has 1 heterocycles. The fraction of sp³-hybridized carbons (Fsp3) is 0.200. The van der Waals surface area contributed by atoms with Gasteiger partial charge in [0.2, 0.25) is 0 Å². The van der Waals surface area contributed by atoms with Crippen molar-refractivity contribution in [3.05, 3.63) is 89.0 Å². The second kappa shape index (κ2) is 13.8. The summed E-state index contributed by atoms with van der Waals surface area (Å²) in [5.41, 5.74) is 4.08. The van der Waals surface area contributed by atoms with Gasteiger partial charge in [0.05, 0.1) is 46.8 Å². The van der Waals surface area contributed by atoms with Gasteiger partial charge < -0.3 is 15.0 Å². The minimum Gasteiger partial charge on any atom is -0.450 e. The van der Waals surface area contributed by atoms with Gasteiger partial charge in [-0.2, -0.15) is 5.26 Å². The van der Waals surface area contributed by atoms with Crippen molar-refractivity contribution < 1.29 is 14.3 Å². The van der Waals surface area contributed by atoms with Crippen molar-refractivity contribution in [3.63, 3.8) is 0 Å². The third-order valence-electron chi connectivity index (χ3n) is 5.97. The third kappa shape index (κ3) is 7.42. The Bertz CT molecular complexity index is 1530. The van der Waals surface area contributed by atoms with Crippen molar-refractivity contribution in [2.75, 3.05) is 35.7 Å². The zero-order valence-corrected chi connectivity index (χ0v) is 24.6. The van der Waals surface area contributed by atoms with E-state index in [9.17, 15) is 14.9 Å². The van der Waals surface area contributed by atoms with Crippen LogP contribution in [-0.2, 0) is 16.1 Å². The van der Waals surface area contributed by atoms with Crippen LogP contribution in [0.25, 0.3) is 0 Å². The Morgan fingerprint density at radius 2 is 1.95 bits per heavy atom. The number of nitrogens with zero attached hydrogens (tertiary/aromatic N) is 4. The molecule has 2 amide bonds. The molecule has 0 bridgehead atoms. The first-order valence-corrected chi connectivity index (χ1v) is 14.2. The number of ether oxygens (including phenoxy) is 1. The molecule has 210 valence electrons. The molecule has 0 spiro atoms. The van der Waals surface area contributed by atoms with E-state index in [2.05, 4.69) is 29.3 Å². The van der Waals surface area contributed by atoms with Crippen LogP contribution < -0.4 is 15.5 Å². The van der Waals surface area contributed by atoms with Crippen LogP contribution in [0.1, 0.15) is 25.0 Å². The number of nitrogens with one attached hydrogen (secondary N) is 2. The van der Waals surface area contributed by atoms with Gasteiger partial charge in [-0.3, -0.25) is 15.0 Å². The molecule has 1 aliphatic rings. The number of anilines is 3. The second-order valence-corrected chi connectivity index (χ2v) is 10.4. The highest BCUT2D eigenvalue weighted by atomic mass is 32.2. The van der Waals surface area contributed by atoms with Crippen molar-refractivity contribution in [1.29, 1.82) is 5.26 Å². The van der Waals surface area contributed by atoms with E-state index < -0.39 is 6.09 Å². The van der Waals surface area contributed by atoms with E-state index in [-0.39, 0.29) is 12.5 Å². The topological polar surface area (TPSA) is 110 Å². The minimum atomic E-state index is -0.542. The smallest absolute Gasteiger partial charge is 0.411 e. The van der Waals surface area contributed by atoms with E-state index in [0.29, 0.717) is 45.0 Å². The molecule has 11 heteroatoms. The van der Waals surface area contributed by atoms with E-state index >= 15 is 0 Å². The maximum Gasteiger partial charge on any atom is 0.411 e. The number of hydrogen-bond donors (Lipinski definition) is 3. The standard InChI is InChI=1S/C30H30N6O3S2/c1-4-32-23-13-11-21(17-31)15-24(23)34-29-36(18-20-9-7-6-8-10-20)28(37)27(41-29)19-35(3)25-14-12-22(16-26(25)40)33-30(38)39-5-2/h6-16,19,32,40H,4-5,18H2,1-3H3,(H,33,38)/b27-19+,34-29?. The predicted octanol–water partition coefficient (Wildman–Crippen LogP) is 6.59. The summed E-state index contributed by atoms with van der Waals surface area (Å²) in [6.07, 6.45) is 1.21. The number of thiol groups is 1. The number of hydrogen-bond acceptors (Lipinski definition) is 9. The van der Waals surface area contributed by atoms with Gasteiger partial charge in [-0.1, -0.05) is 30.3 Å². The molecule has 0 saturated carbocycles. The van der Waals surface area contributed by atoms with Gasteiger partial charge in [-0.15, -0.1) is 12.6 Å². The molecule has 3 aromatic rings. The van der Waals surface area contributed by atoms with Gasteiger partial charge in [0.1, 0.15) is 0 Å². The van der Waals surface area contributed by atoms with Gasteiger partial charge >= 0.3 is 6.09 Å². The molecule has 9 nitrogen and oxygen atoms in total. The highest BCUT2D eigenvalue weighted by Crippen LogP contribution is 2.37.